The molecule has 1 heterocycles. The maximum atomic E-state index is 12.8. The van der Waals surface area contributed by atoms with Crippen LogP contribution in [0.25, 0.3) is 10.9 Å². The van der Waals surface area contributed by atoms with Crippen molar-refractivity contribution in [1.29, 1.82) is 0 Å². The van der Waals surface area contributed by atoms with E-state index >= 15 is 0 Å². The highest BCUT2D eigenvalue weighted by Gasteiger charge is 2.18. The SMILES string of the molecule is CCCCCNC(=O)c1cccc(S(=O)(=O)Nc2cccc3cccnc23)c1. The molecule has 0 fully saturated rings. The van der Waals surface area contributed by atoms with Gasteiger partial charge in [0.1, 0.15) is 0 Å². The van der Waals surface area contributed by atoms with Gasteiger partial charge in [-0.15, -0.1) is 0 Å². The van der Waals surface area contributed by atoms with Crippen LogP contribution in [-0.4, -0.2) is 25.9 Å². The third kappa shape index (κ3) is 4.67. The number of nitrogens with zero attached hydrogens (tertiary/aromatic N) is 1. The van der Waals surface area contributed by atoms with Crippen molar-refractivity contribution in [3.05, 3.63) is 66.4 Å². The Morgan fingerprint density at radius 2 is 1.82 bits per heavy atom. The molecule has 0 aliphatic rings. The highest BCUT2D eigenvalue weighted by Crippen LogP contribution is 2.24. The van der Waals surface area contributed by atoms with Crippen LogP contribution in [-0.2, 0) is 10.0 Å². The van der Waals surface area contributed by atoms with Gasteiger partial charge in [0, 0.05) is 23.7 Å². The Morgan fingerprint density at radius 1 is 1.04 bits per heavy atom. The van der Waals surface area contributed by atoms with Crippen LogP contribution in [0.2, 0.25) is 0 Å². The van der Waals surface area contributed by atoms with Gasteiger partial charge in [0.05, 0.1) is 16.1 Å². The Morgan fingerprint density at radius 3 is 2.64 bits per heavy atom. The van der Waals surface area contributed by atoms with Gasteiger partial charge in [-0.25, -0.2) is 8.42 Å². The zero-order valence-corrected chi connectivity index (χ0v) is 16.5. The van der Waals surface area contributed by atoms with E-state index in [1.807, 2.05) is 12.1 Å². The van der Waals surface area contributed by atoms with Crippen molar-refractivity contribution in [2.45, 2.75) is 31.1 Å². The summed E-state index contributed by atoms with van der Waals surface area (Å²) in [5.41, 5.74) is 1.28. The van der Waals surface area contributed by atoms with Crippen molar-refractivity contribution < 1.29 is 13.2 Å². The maximum absolute atomic E-state index is 12.8. The Kier molecular flexibility index (Phi) is 6.26. The number of nitrogens with one attached hydrogen (secondary N) is 2. The van der Waals surface area contributed by atoms with E-state index < -0.39 is 10.0 Å². The lowest BCUT2D eigenvalue weighted by Gasteiger charge is -2.11. The highest BCUT2D eigenvalue weighted by molar-refractivity contribution is 7.92. The number of pyridine rings is 1. The summed E-state index contributed by atoms with van der Waals surface area (Å²) in [5.74, 6) is -0.278. The lowest BCUT2D eigenvalue weighted by atomic mass is 10.2. The normalized spacial score (nSPS) is 11.3. The molecule has 1 aromatic heterocycles. The van der Waals surface area contributed by atoms with Crippen LogP contribution in [0.3, 0.4) is 0 Å². The third-order valence-electron chi connectivity index (χ3n) is 4.35. The summed E-state index contributed by atoms with van der Waals surface area (Å²) in [4.78, 5) is 16.6. The number of unbranched alkanes of at least 4 members (excludes halogenated alkanes) is 2. The van der Waals surface area contributed by atoms with Crippen LogP contribution < -0.4 is 10.0 Å². The number of hydrogen-bond donors (Lipinski definition) is 2. The van der Waals surface area contributed by atoms with E-state index in [9.17, 15) is 13.2 Å². The number of benzene rings is 2. The van der Waals surface area contributed by atoms with Crippen molar-refractivity contribution in [2.75, 3.05) is 11.3 Å². The lowest BCUT2D eigenvalue weighted by molar-refractivity contribution is 0.0952. The maximum Gasteiger partial charge on any atom is 0.261 e. The summed E-state index contributed by atoms with van der Waals surface area (Å²) >= 11 is 0. The smallest absolute Gasteiger partial charge is 0.261 e. The molecule has 146 valence electrons. The molecule has 7 heteroatoms. The molecule has 3 aromatic rings. The molecular formula is C21H23N3O3S. The first-order chi connectivity index (χ1) is 13.5. The minimum atomic E-state index is -3.86. The molecule has 28 heavy (non-hydrogen) atoms. The number of carbonyl (C=O) groups excluding carboxylic acids is 1. The van der Waals surface area contributed by atoms with E-state index in [-0.39, 0.29) is 10.8 Å². The van der Waals surface area contributed by atoms with E-state index in [4.69, 9.17) is 0 Å². The summed E-state index contributed by atoms with van der Waals surface area (Å²) in [6.07, 6.45) is 4.62. The van der Waals surface area contributed by atoms with Crippen LogP contribution in [0.4, 0.5) is 5.69 Å². The monoisotopic (exact) mass is 397 g/mol. The molecule has 2 aromatic carbocycles. The Labute approximate surface area is 165 Å². The van der Waals surface area contributed by atoms with Gasteiger partial charge in [-0.2, -0.15) is 0 Å². The standard InChI is InChI=1S/C21H23N3O3S/c1-2-3-4-13-23-21(25)17-9-5-11-18(15-17)28(26,27)24-19-12-6-8-16-10-7-14-22-20(16)19/h5-12,14-15,24H,2-4,13H2,1H3,(H,23,25). The zero-order valence-electron chi connectivity index (χ0n) is 15.7. The molecule has 3 rings (SSSR count). The average molecular weight is 398 g/mol. The fourth-order valence-corrected chi connectivity index (χ4v) is 3.99. The Balaban J connectivity index is 1.81. The number of carbonyl (C=O) groups is 1. The summed E-state index contributed by atoms with van der Waals surface area (Å²) < 4.78 is 28.3. The molecule has 0 spiro atoms. The second-order valence-corrected chi connectivity index (χ2v) is 8.16. The van der Waals surface area contributed by atoms with Crippen molar-refractivity contribution >= 4 is 32.5 Å². The van der Waals surface area contributed by atoms with E-state index in [0.29, 0.717) is 23.3 Å². The van der Waals surface area contributed by atoms with Gasteiger partial charge in [-0.05, 0) is 36.8 Å². The van der Waals surface area contributed by atoms with Crippen molar-refractivity contribution in [1.82, 2.24) is 10.3 Å². The van der Waals surface area contributed by atoms with Gasteiger partial charge >= 0.3 is 0 Å². The van der Waals surface area contributed by atoms with Gasteiger partial charge in [0.15, 0.2) is 0 Å². The van der Waals surface area contributed by atoms with Gasteiger partial charge in [-0.3, -0.25) is 14.5 Å². The van der Waals surface area contributed by atoms with E-state index in [0.717, 1.165) is 24.6 Å². The number of rotatable bonds is 8. The van der Waals surface area contributed by atoms with E-state index in [2.05, 4.69) is 21.9 Å². The van der Waals surface area contributed by atoms with Crippen molar-refractivity contribution in [2.24, 2.45) is 0 Å². The molecule has 6 nitrogen and oxygen atoms in total. The van der Waals surface area contributed by atoms with Crippen LogP contribution in [0.5, 0.6) is 0 Å². The molecule has 0 atom stereocenters. The minimum absolute atomic E-state index is 0.0293. The van der Waals surface area contributed by atoms with E-state index in [1.54, 1.807) is 36.5 Å². The molecule has 0 unspecified atom stereocenters. The molecule has 0 bridgehead atoms. The number of anilines is 1. The number of para-hydroxylation sites is 1. The summed E-state index contributed by atoms with van der Waals surface area (Å²) in [6.45, 7) is 2.66. The first kappa shape index (κ1) is 19.8. The quantitative estimate of drug-likeness (QED) is 0.563. The van der Waals surface area contributed by atoms with Crippen LogP contribution >= 0.6 is 0 Å². The first-order valence-electron chi connectivity index (χ1n) is 9.26. The largest absolute Gasteiger partial charge is 0.352 e. The van der Waals surface area contributed by atoms with Crippen LogP contribution in [0.1, 0.15) is 36.5 Å². The summed E-state index contributed by atoms with van der Waals surface area (Å²) in [5, 5.41) is 3.66. The van der Waals surface area contributed by atoms with Gasteiger partial charge in [0.25, 0.3) is 15.9 Å². The molecule has 1 amide bonds. The molecular weight excluding hydrogens is 374 g/mol. The highest BCUT2D eigenvalue weighted by atomic mass is 32.2. The predicted molar refractivity (Wildman–Crippen MR) is 111 cm³/mol. The third-order valence-corrected chi connectivity index (χ3v) is 5.71. The molecule has 0 saturated heterocycles. The lowest BCUT2D eigenvalue weighted by Crippen LogP contribution is -2.24. The van der Waals surface area contributed by atoms with Crippen molar-refractivity contribution in [3.63, 3.8) is 0 Å². The number of hydrogen-bond acceptors (Lipinski definition) is 4. The fraction of sp³-hybridized carbons (Fsp3) is 0.238. The summed E-state index contributed by atoms with van der Waals surface area (Å²) in [7, 11) is -3.86. The summed E-state index contributed by atoms with van der Waals surface area (Å²) in [6, 6.07) is 15.0. The second-order valence-electron chi connectivity index (χ2n) is 6.48. The Hall–Kier alpha value is -2.93. The average Bonchev–Trinajstić information content (AvgIpc) is 2.71. The van der Waals surface area contributed by atoms with Gasteiger partial charge in [0.2, 0.25) is 0 Å². The number of sulfonamides is 1. The van der Waals surface area contributed by atoms with Crippen molar-refractivity contribution in [3.8, 4) is 0 Å². The number of fused-ring (bicyclic) bond motifs is 1. The molecule has 2 N–H and O–H groups in total. The number of aromatic nitrogens is 1. The minimum Gasteiger partial charge on any atom is -0.352 e. The molecule has 0 aliphatic carbocycles. The van der Waals surface area contributed by atoms with Gasteiger partial charge < -0.3 is 5.32 Å². The molecule has 0 aliphatic heterocycles. The number of amides is 1. The molecule has 0 saturated carbocycles. The molecule has 0 radical (unpaired) electrons. The van der Waals surface area contributed by atoms with Gasteiger partial charge in [-0.1, -0.05) is 44.0 Å². The fourth-order valence-electron chi connectivity index (χ4n) is 2.87. The van der Waals surface area contributed by atoms with Crippen LogP contribution in [0, 0.1) is 0 Å². The topological polar surface area (TPSA) is 88.2 Å². The Bertz CT molecular complexity index is 1080. The predicted octanol–water partition coefficient (Wildman–Crippen LogP) is 3.96. The second kappa shape index (κ2) is 8.84. The zero-order chi connectivity index (χ0) is 20.0. The van der Waals surface area contributed by atoms with Crippen LogP contribution in [0.15, 0.2) is 65.7 Å². The van der Waals surface area contributed by atoms with E-state index in [1.165, 1.54) is 12.1 Å². The first-order valence-corrected chi connectivity index (χ1v) is 10.7.